The predicted molar refractivity (Wildman–Crippen MR) is 113 cm³/mol. The Labute approximate surface area is 174 Å². The van der Waals surface area contributed by atoms with Crippen LogP contribution in [0.5, 0.6) is 11.5 Å². The Morgan fingerprint density at radius 2 is 2.00 bits per heavy atom. The number of ether oxygens (including phenoxy) is 2. The molecular formula is C23H21N3O4. The number of benzene rings is 2. The number of hydrogen-bond donors (Lipinski definition) is 1. The van der Waals surface area contributed by atoms with Gasteiger partial charge < -0.3 is 19.7 Å². The number of aryl methyl sites for hydroxylation is 1. The van der Waals surface area contributed by atoms with Crippen LogP contribution < -0.4 is 19.7 Å². The van der Waals surface area contributed by atoms with Crippen molar-refractivity contribution in [3.05, 3.63) is 78.1 Å². The summed E-state index contributed by atoms with van der Waals surface area (Å²) in [5, 5.41) is 2.83. The molecule has 7 heteroatoms. The fourth-order valence-electron chi connectivity index (χ4n) is 3.19. The third-order valence-electron chi connectivity index (χ3n) is 4.68. The van der Waals surface area contributed by atoms with E-state index in [1.54, 1.807) is 47.6 Å². The molecule has 152 valence electrons. The van der Waals surface area contributed by atoms with Gasteiger partial charge in [0.05, 0.1) is 12.2 Å². The number of fused-ring (bicyclic) bond motifs is 1. The first-order chi connectivity index (χ1) is 14.6. The summed E-state index contributed by atoms with van der Waals surface area (Å²) in [4.78, 5) is 30.3. The largest absolute Gasteiger partial charge is 0.492 e. The first kappa shape index (κ1) is 19.4. The average molecular weight is 403 g/mol. The molecule has 2 amide bonds. The molecule has 0 saturated heterocycles. The van der Waals surface area contributed by atoms with E-state index >= 15 is 0 Å². The normalized spacial score (nSPS) is 12.7. The van der Waals surface area contributed by atoms with E-state index in [1.807, 2.05) is 31.2 Å². The fraction of sp³-hybridized carbons (Fsp3) is 0.174. The lowest BCUT2D eigenvalue weighted by Gasteiger charge is -2.29. The highest BCUT2D eigenvalue weighted by Crippen LogP contribution is 2.34. The maximum Gasteiger partial charge on any atom is 0.265 e. The van der Waals surface area contributed by atoms with E-state index in [-0.39, 0.29) is 18.4 Å². The van der Waals surface area contributed by atoms with Crippen LogP contribution in [-0.2, 0) is 4.79 Å². The number of pyridine rings is 1. The molecule has 1 N–H and O–H groups in total. The molecular weight excluding hydrogens is 382 g/mol. The molecule has 0 saturated carbocycles. The van der Waals surface area contributed by atoms with Crippen LogP contribution in [0.2, 0.25) is 0 Å². The van der Waals surface area contributed by atoms with Gasteiger partial charge in [0.25, 0.3) is 11.8 Å². The van der Waals surface area contributed by atoms with E-state index < -0.39 is 0 Å². The SMILES string of the molecule is Cc1cccc(OCCN2C(=O)COc3cc(NC(=O)c4ccncc4)ccc32)c1. The number of nitrogens with one attached hydrogen (secondary N) is 1. The molecule has 0 bridgehead atoms. The second-order valence-electron chi connectivity index (χ2n) is 6.87. The van der Waals surface area contributed by atoms with Gasteiger partial charge in [0.2, 0.25) is 0 Å². The van der Waals surface area contributed by atoms with Crippen molar-refractivity contribution in [1.82, 2.24) is 4.98 Å². The second-order valence-corrected chi connectivity index (χ2v) is 6.87. The lowest BCUT2D eigenvalue weighted by Crippen LogP contribution is -2.41. The number of hydrogen-bond acceptors (Lipinski definition) is 5. The van der Waals surface area contributed by atoms with Gasteiger partial charge in [-0.05, 0) is 48.9 Å². The average Bonchev–Trinajstić information content (AvgIpc) is 2.76. The molecule has 1 aliphatic rings. The van der Waals surface area contributed by atoms with E-state index in [1.165, 1.54) is 0 Å². The smallest absolute Gasteiger partial charge is 0.265 e. The minimum atomic E-state index is -0.243. The van der Waals surface area contributed by atoms with Crippen molar-refractivity contribution in [3.63, 3.8) is 0 Å². The number of rotatable bonds is 6. The van der Waals surface area contributed by atoms with Gasteiger partial charge in [0, 0.05) is 29.7 Å². The minimum Gasteiger partial charge on any atom is -0.492 e. The van der Waals surface area contributed by atoms with E-state index in [2.05, 4.69) is 10.3 Å². The molecule has 0 spiro atoms. The molecule has 3 aromatic rings. The molecule has 4 rings (SSSR count). The molecule has 0 aliphatic carbocycles. The first-order valence-electron chi connectivity index (χ1n) is 9.58. The van der Waals surface area contributed by atoms with Crippen molar-refractivity contribution in [2.45, 2.75) is 6.92 Å². The summed E-state index contributed by atoms with van der Waals surface area (Å²) >= 11 is 0. The Balaban J connectivity index is 1.44. The van der Waals surface area contributed by atoms with Gasteiger partial charge in [-0.3, -0.25) is 14.6 Å². The van der Waals surface area contributed by atoms with Gasteiger partial charge in [-0.1, -0.05) is 12.1 Å². The van der Waals surface area contributed by atoms with E-state index in [0.29, 0.717) is 35.8 Å². The van der Waals surface area contributed by atoms with Crippen molar-refractivity contribution in [3.8, 4) is 11.5 Å². The Kier molecular flexibility index (Phi) is 5.61. The molecule has 30 heavy (non-hydrogen) atoms. The highest BCUT2D eigenvalue weighted by Gasteiger charge is 2.26. The highest BCUT2D eigenvalue weighted by molar-refractivity contribution is 6.05. The predicted octanol–water partition coefficient (Wildman–Crippen LogP) is 3.45. The minimum absolute atomic E-state index is 0.0563. The molecule has 2 heterocycles. The van der Waals surface area contributed by atoms with Crippen molar-refractivity contribution in [2.24, 2.45) is 0 Å². The lowest BCUT2D eigenvalue weighted by atomic mass is 10.2. The standard InChI is InChI=1S/C23H21N3O4/c1-16-3-2-4-19(13-16)29-12-11-26-20-6-5-18(14-21(20)30-15-22(26)27)25-23(28)17-7-9-24-10-8-17/h2-10,13-14H,11-12,15H2,1H3,(H,25,28). The zero-order valence-electron chi connectivity index (χ0n) is 16.5. The number of amides is 2. The van der Waals surface area contributed by atoms with Crippen molar-refractivity contribution < 1.29 is 19.1 Å². The van der Waals surface area contributed by atoms with E-state index in [4.69, 9.17) is 9.47 Å². The molecule has 0 fully saturated rings. The maximum absolute atomic E-state index is 12.4. The van der Waals surface area contributed by atoms with E-state index in [9.17, 15) is 9.59 Å². The third kappa shape index (κ3) is 4.41. The van der Waals surface area contributed by atoms with Gasteiger partial charge in [-0.25, -0.2) is 0 Å². The fourth-order valence-corrected chi connectivity index (χ4v) is 3.19. The summed E-state index contributed by atoms with van der Waals surface area (Å²) in [5.41, 5.74) is 2.86. The Morgan fingerprint density at radius 1 is 1.17 bits per heavy atom. The maximum atomic E-state index is 12.4. The Bertz CT molecular complexity index is 1070. The molecule has 0 atom stereocenters. The molecule has 0 unspecified atom stereocenters. The van der Waals surface area contributed by atoms with Crippen molar-refractivity contribution >= 4 is 23.2 Å². The molecule has 7 nitrogen and oxygen atoms in total. The summed E-state index contributed by atoms with van der Waals surface area (Å²) in [6.07, 6.45) is 3.13. The van der Waals surface area contributed by atoms with Crippen LogP contribution in [-0.4, -0.2) is 36.6 Å². The zero-order valence-corrected chi connectivity index (χ0v) is 16.5. The van der Waals surface area contributed by atoms with Gasteiger partial charge in [-0.15, -0.1) is 0 Å². The van der Waals surface area contributed by atoms with E-state index in [0.717, 1.165) is 11.3 Å². The van der Waals surface area contributed by atoms with Crippen LogP contribution >= 0.6 is 0 Å². The number of carbonyl (C=O) groups is 2. The van der Waals surface area contributed by atoms with Crippen LogP contribution in [0.25, 0.3) is 0 Å². The van der Waals surface area contributed by atoms with Gasteiger partial charge in [0.1, 0.15) is 18.1 Å². The number of carbonyl (C=O) groups excluding carboxylic acids is 2. The monoisotopic (exact) mass is 403 g/mol. The zero-order chi connectivity index (χ0) is 20.9. The van der Waals surface area contributed by atoms with Crippen LogP contribution in [0.4, 0.5) is 11.4 Å². The number of anilines is 2. The van der Waals surface area contributed by atoms with Crippen LogP contribution in [0, 0.1) is 6.92 Å². The first-order valence-corrected chi connectivity index (χ1v) is 9.58. The molecule has 2 aromatic carbocycles. The summed E-state index contributed by atoms with van der Waals surface area (Å²) in [5.74, 6) is 0.930. The molecule has 0 radical (unpaired) electrons. The van der Waals surface area contributed by atoms with Crippen LogP contribution in [0.15, 0.2) is 67.0 Å². The summed E-state index contributed by atoms with van der Waals surface area (Å²) < 4.78 is 11.4. The summed E-state index contributed by atoms with van der Waals surface area (Å²) in [6, 6.07) is 16.3. The summed E-state index contributed by atoms with van der Waals surface area (Å²) in [7, 11) is 0. The highest BCUT2D eigenvalue weighted by atomic mass is 16.5. The second kappa shape index (κ2) is 8.65. The number of nitrogens with zero attached hydrogens (tertiary/aromatic N) is 2. The summed E-state index contributed by atoms with van der Waals surface area (Å²) in [6.45, 7) is 2.69. The van der Waals surface area contributed by atoms with Crippen LogP contribution in [0.3, 0.4) is 0 Å². The Hall–Kier alpha value is -3.87. The topological polar surface area (TPSA) is 80.8 Å². The van der Waals surface area contributed by atoms with Crippen LogP contribution in [0.1, 0.15) is 15.9 Å². The number of aromatic nitrogens is 1. The third-order valence-corrected chi connectivity index (χ3v) is 4.68. The molecule has 1 aromatic heterocycles. The quantitative estimate of drug-likeness (QED) is 0.682. The lowest BCUT2D eigenvalue weighted by molar-refractivity contribution is -0.121. The van der Waals surface area contributed by atoms with Gasteiger partial charge >= 0.3 is 0 Å². The van der Waals surface area contributed by atoms with Crippen molar-refractivity contribution in [2.75, 3.05) is 30.0 Å². The Morgan fingerprint density at radius 3 is 2.80 bits per heavy atom. The molecule has 1 aliphatic heterocycles. The van der Waals surface area contributed by atoms with Crippen molar-refractivity contribution in [1.29, 1.82) is 0 Å². The van der Waals surface area contributed by atoms with Gasteiger partial charge in [0.15, 0.2) is 6.61 Å². The van der Waals surface area contributed by atoms with Gasteiger partial charge in [-0.2, -0.15) is 0 Å².